The second-order valence-electron chi connectivity index (χ2n) is 5.18. The van der Waals surface area contributed by atoms with Gasteiger partial charge in [-0.1, -0.05) is 65.7 Å². The van der Waals surface area contributed by atoms with Gasteiger partial charge in [0.2, 0.25) is 0 Å². The summed E-state index contributed by atoms with van der Waals surface area (Å²) < 4.78 is 0. The number of benzene rings is 2. The molecule has 3 rings (SSSR count). The Morgan fingerprint density at radius 3 is 2.48 bits per heavy atom. The summed E-state index contributed by atoms with van der Waals surface area (Å²) in [5, 5.41) is 3.15. The lowest BCUT2D eigenvalue weighted by Gasteiger charge is -1.96. The predicted octanol–water partition coefficient (Wildman–Crippen LogP) is 5.60. The van der Waals surface area contributed by atoms with E-state index < -0.39 is 0 Å². The van der Waals surface area contributed by atoms with Crippen LogP contribution < -0.4 is 0 Å². The van der Waals surface area contributed by atoms with Gasteiger partial charge in [-0.15, -0.1) is 11.3 Å². The van der Waals surface area contributed by atoms with Crippen molar-refractivity contribution in [3.8, 4) is 11.3 Å². The van der Waals surface area contributed by atoms with E-state index >= 15 is 0 Å². The first kappa shape index (κ1) is 13.8. The highest BCUT2D eigenvalue weighted by molar-refractivity contribution is 7.10. The van der Waals surface area contributed by atoms with Crippen LogP contribution in [-0.2, 0) is 0 Å². The van der Waals surface area contributed by atoms with Gasteiger partial charge in [-0.25, -0.2) is 4.98 Å². The van der Waals surface area contributed by atoms with Crippen molar-refractivity contribution in [2.45, 2.75) is 13.8 Å². The third-order valence-electron chi connectivity index (χ3n) is 3.33. The molecule has 0 spiro atoms. The fourth-order valence-electron chi connectivity index (χ4n) is 2.16. The normalized spacial score (nSPS) is 11.1. The fraction of sp³-hybridized carbons (Fsp3) is 0.105. The lowest BCUT2D eigenvalue weighted by molar-refractivity contribution is 1.37. The quantitative estimate of drug-likeness (QED) is 0.612. The average Bonchev–Trinajstić information content (AvgIpc) is 2.95. The molecule has 21 heavy (non-hydrogen) atoms. The molecular formula is C19H17NS. The highest BCUT2D eigenvalue weighted by atomic mass is 32.1. The molecule has 0 radical (unpaired) electrons. The fourth-order valence-corrected chi connectivity index (χ4v) is 2.88. The minimum absolute atomic E-state index is 1.03. The molecule has 1 aromatic heterocycles. The van der Waals surface area contributed by atoms with E-state index in [0.29, 0.717) is 0 Å². The van der Waals surface area contributed by atoms with E-state index in [1.807, 2.05) is 0 Å². The third kappa shape index (κ3) is 3.47. The van der Waals surface area contributed by atoms with Gasteiger partial charge < -0.3 is 0 Å². The van der Waals surface area contributed by atoms with Crippen LogP contribution in [0.25, 0.3) is 23.4 Å². The number of aromatic nitrogens is 1. The van der Waals surface area contributed by atoms with E-state index in [1.165, 1.54) is 22.3 Å². The first-order valence-electron chi connectivity index (χ1n) is 6.98. The molecule has 0 aliphatic heterocycles. The SMILES string of the molecule is Cc1ccc(-c2csc(/C=C/c3cccc(C)c3)n2)cc1. The van der Waals surface area contributed by atoms with Crippen molar-refractivity contribution >= 4 is 23.5 Å². The van der Waals surface area contributed by atoms with Crippen molar-refractivity contribution in [3.63, 3.8) is 0 Å². The van der Waals surface area contributed by atoms with Crippen molar-refractivity contribution in [1.29, 1.82) is 0 Å². The van der Waals surface area contributed by atoms with Crippen LogP contribution in [0, 0.1) is 13.8 Å². The molecular weight excluding hydrogens is 274 g/mol. The van der Waals surface area contributed by atoms with E-state index in [4.69, 9.17) is 0 Å². The summed E-state index contributed by atoms with van der Waals surface area (Å²) in [6.45, 7) is 4.21. The lowest BCUT2D eigenvalue weighted by atomic mass is 10.1. The molecule has 3 aromatic rings. The lowest BCUT2D eigenvalue weighted by Crippen LogP contribution is -1.79. The molecule has 0 atom stereocenters. The van der Waals surface area contributed by atoms with E-state index in [1.54, 1.807) is 11.3 Å². The van der Waals surface area contributed by atoms with E-state index in [0.717, 1.165) is 10.7 Å². The standard InChI is InChI=1S/C19H17NS/c1-14-6-9-17(10-7-14)18-13-21-19(20-18)11-8-16-5-3-4-15(2)12-16/h3-13H,1-2H3/b11-8+. The number of aryl methyl sites for hydroxylation is 2. The van der Waals surface area contributed by atoms with Crippen LogP contribution in [0.15, 0.2) is 53.9 Å². The first-order valence-corrected chi connectivity index (χ1v) is 7.86. The Morgan fingerprint density at radius 1 is 0.905 bits per heavy atom. The molecule has 2 aromatic carbocycles. The molecule has 104 valence electrons. The predicted molar refractivity (Wildman–Crippen MR) is 92.4 cm³/mol. The summed E-state index contributed by atoms with van der Waals surface area (Å²) in [5.41, 5.74) is 5.98. The average molecular weight is 291 g/mol. The molecule has 0 bridgehead atoms. The number of hydrogen-bond donors (Lipinski definition) is 0. The molecule has 0 saturated heterocycles. The van der Waals surface area contributed by atoms with Crippen LogP contribution in [-0.4, -0.2) is 4.98 Å². The molecule has 0 aliphatic rings. The highest BCUT2D eigenvalue weighted by Gasteiger charge is 2.02. The Labute approximate surface area is 129 Å². The van der Waals surface area contributed by atoms with Crippen LogP contribution in [0.3, 0.4) is 0 Å². The van der Waals surface area contributed by atoms with Gasteiger partial charge >= 0.3 is 0 Å². The van der Waals surface area contributed by atoms with E-state index in [9.17, 15) is 0 Å². The summed E-state index contributed by atoms with van der Waals surface area (Å²) in [4.78, 5) is 4.68. The molecule has 1 nitrogen and oxygen atoms in total. The van der Waals surface area contributed by atoms with Crippen LogP contribution in [0.5, 0.6) is 0 Å². The monoisotopic (exact) mass is 291 g/mol. The number of rotatable bonds is 3. The molecule has 0 saturated carbocycles. The van der Waals surface area contributed by atoms with Crippen molar-refractivity contribution in [3.05, 3.63) is 75.6 Å². The Balaban J connectivity index is 1.80. The summed E-state index contributed by atoms with van der Waals surface area (Å²) in [6.07, 6.45) is 4.20. The second kappa shape index (κ2) is 6.06. The molecule has 0 unspecified atom stereocenters. The van der Waals surface area contributed by atoms with Crippen LogP contribution >= 0.6 is 11.3 Å². The Hall–Kier alpha value is -2.19. The minimum Gasteiger partial charge on any atom is -0.237 e. The summed E-state index contributed by atoms with van der Waals surface area (Å²) >= 11 is 1.67. The minimum atomic E-state index is 1.03. The zero-order valence-electron chi connectivity index (χ0n) is 12.2. The first-order chi connectivity index (χ1) is 10.2. The van der Waals surface area contributed by atoms with Crippen molar-refractivity contribution in [2.24, 2.45) is 0 Å². The maximum Gasteiger partial charge on any atom is 0.116 e. The topological polar surface area (TPSA) is 12.9 Å². The van der Waals surface area contributed by atoms with Crippen LogP contribution in [0.2, 0.25) is 0 Å². The summed E-state index contributed by atoms with van der Waals surface area (Å²) in [6, 6.07) is 17.0. The Kier molecular flexibility index (Phi) is 3.98. The molecule has 2 heteroatoms. The zero-order chi connectivity index (χ0) is 14.7. The maximum absolute atomic E-state index is 4.68. The molecule has 0 aliphatic carbocycles. The van der Waals surface area contributed by atoms with Crippen LogP contribution in [0.4, 0.5) is 0 Å². The Morgan fingerprint density at radius 2 is 1.71 bits per heavy atom. The maximum atomic E-state index is 4.68. The van der Waals surface area contributed by atoms with Gasteiger partial charge in [0.1, 0.15) is 5.01 Å². The second-order valence-corrected chi connectivity index (χ2v) is 6.07. The van der Waals surface area contributed by atoms with Crippen molar-refractivity contribution in [2.75, 3.05) is 0 Å². The van der Waals surface area contributed by atoms with Crippen molar-refractivity contribution in [1.82, 2.24) is 4.98 Å². The van der Waals surface area contributed by atoms with Gasteiger partial charge in [-0.3, -0.25) is 0 Å². The smallest absolute Gasteiger partial charge is 0.116 e. The van der Waals surface area contributed by atoms with Gasteiger partial charge in [0.05, 0.1) is 5.69 Å². The summed E-state index contributed by atoms with van der Waals surface area (Å²) in [7, 11) is 0. The third-order valence-corrected chi connectivity index (χ3v) is 4.14. The highest BCUT2D eigenvalue weighted by Crippen LogP contribution is 2.23. The van der Waals surface area contributed by atoms with Gasteiger partial charge in [0.25, 0.3) is 0 Å². The molecule has 0 fully saturated rings. The number of nitrogens with zero attached hydrogens (tertiary/aromatic N) is 1. The van der Waals surface area contributed by atoms with Gasteiger partial charge in [0, 0.05) is 10.9 Å². The summed E-state index contributed by atoms with van der Waals surface area (Å²) in [5.74, 6) is 0. The van der Waals surface area contributed by atoms with E-state index in [-0.39, 0.29) is 0 Å². The molecule has 0 amide bonds. The number of thiazole rings is 1. The number of hydrogen-bond acceptors (Lipinski definition) is 2. The van der Waals surface area contributed by atoms with E-state index in [2.05, 4.69) is 84.9 Å². The Bertz CT molecular complexity index is 766. The zero-order valence-corrected chi connectivity index (χ0v) is 13.0. The molecule has 1 heterocycles. The largest absolute Gasteiger partial charge is 0.237 e. The van der Waals surface area contributed by atoms with Crippen molar-refractivity contribution < 1.29 is 0 Å². The van der Waals surface area contributed by atoms with Gasteiger partial charge in [-0.05, 0) is 25.5 Å². The molecule has 0 N–H and O–H groups in total. The van der Waals surface area contributed by atoms with Crippen LogP contribution in [0.1, 0.15) is 21.7 Å². The van der Waals surface area contributed by atoms with Gasteiger partial charge in [-0.2, -0.15) is 0 Å². The van der Waals surface area contributed by atoms with Gasteiger partial charge in [0.15, 0.2) is 0 Å².